The molecule has 0 radical (unpaired) electrons. The Morgan fingerprint density at radius 2 is 2.19 bits per heavy atom. The number of aliphatic imine (C=N–C) groups is 1. The number of carbonyl (C=O) groups is 1. The molecule has 0 amide bonds. The van der Waals surface area contributed by atoms with Crippen LogP contribution in [0.2, 0.25) is 0 Å². The van der Waals surface area contributed by atoms with Gasteiger partial charge in [-0.2, -0.15) is 0 Å². The van der Waals surface area contributed by atoms with E-state index in [0.717, 1.165) is 23.1 Å². The summed E-state index contributed by atoms with van der Waals surface area (Å²) in [4.78, 5) is 16.6. The molecule has 0 aliphatic carbocycles. The van der Waals surface area contributed by atoms with Gasteiger partial charge < -0.3 is 9.94 Å². The fourth-order valence-electron chi connectivity index (χ4n) is 2.50. The number of aryl methyl sites for hydroxylation is 1. The van der Waals surface area contributed by atoms with Crippen molar-refractivity contribution in [2.24, 2.45) is 10.1 Å². The second-order valence-corrected chi connectivity index (χ2v) is 5.78. The Morgan fingerprint density at radius 3 is 2.81 bits per heavy atom. The summed E-state index contributed by atoms with van der Waals surface area (Å²) in [5, 5.41) is 12.4. The predicted molar refractivity (Wildman–Crippen MR) is 81.4 cm³/mol. The molecule has 1 aromatic rings. The number of esters is 1. The molecule has 1 aliphatic heterocycles. The third-order valence-corrected chi connectivity index (χ3v) is 3.35. The molecule has 0 bridgehead atoms. The zero-order valence-corrected chi connectivity index (χ0v) is 12.8. The predicted octanol–water partition coefficient (Wildman–Crippen LogP) is 2.51. The molecular formula is C16H20N2O3. The molecule has 5 nitrogen and oxygen atoms in total. The molecule has 0 saturated carbocycles. The molecule has 112 valence electrons. The molecular weight excluding hydrogens is 268 g/mol. The first-order valence-corrected chi connectivity index (χ1v) is 6.97. The van der Waals surface area contributed by atoms with Crippen molar-refractivity contribution in [2.45, 2.75) is 39.7 Å². The van der Waals surface area contributed by atoms with E-state index in [2.05, 4.69) is 10.1 Å². The fraction of sp³-hybridized carbons (Fsp3) is 0.438. The lowest BCUT2D eigenvalue weighted by Crippen LogP contribution is -2.36. The number of nitrogens with zero attached hydrogens (tertiary/aromatic N) is 2. The highest BCUT2D eigenvalue weighted by Crippen LogP contribution is 2.28. The number of hydrogen-bond donors (Lipinski definition) is 1. The molecule has 0 fully saturated rings. The number of carbonyl (C=O) groups excluding carboxylic acids is 1. The molecule has 1 aromatic carbocycles. The van der Waals surface area contributed by atoms with E-state index >= 15 is 0 Å². The quantitative estimate of drug-likeness (QED) is 0.402. The van der Waals surface area contributed by atoms with E-state index in [-0.39, 0.29) is 17.9 Å². The second kappa shape index (κ2) is 5.68. The number of fused-ring (bicyclic) bond motifs is 1. The summed E-state index contributed by atoms with van der Waals surface area (Å²) >= 11 is 0. The SMILES string of the molecule is CCOC(=O)C(=NO)C1=NC(C)(C)Cc2ccc(C)cc21. The van der Waals surface area contributed by atoms with Gasteiger partial charge in [-0.15, -0.1) is 0 Å². The molecule has 5 heteroatoms. The van der Waals surface area contributed by atoms with Gasteiger partial charge in [-0.25, -0.2) is 4.79 Å². The first-order valence-electron chi connectivity index (χ1n) is 6.97. The molecule has 1 N–H and O–H groups in total. The van der Waals surface area contributed by atoms with Crippen molar-refractivity contribution in [1.82, 2.24) is 0 Å². The highest BCUT2D eigenvalue weighted by Gasteiger charge is 2.32. The molecule has 2 rings (SSSR count). The van der Waals surface area contributed by atoms with Crippen molar-refractivity contribution in [3.63, 3.8) is 0 Å². The van der Waals surface area contributed by atoms with Crippen molar-refractivity contribution >= 4 is 17.4 Å². The third-order valence-electron chi connectivity index (χ3n) is 3.35. The van der Waals surface area contributed by atoms with Crippen LogP contribution in [-0.2, 0) is 16.0 Å². The van der Waals surface area contributed by atoms with E-state index in [4.69, 9.17) is 4.74 Å². The summed E-state index contributed by atoms with van der Waals surface area (Å²) in [7, 11) is 0. The monoisotopic (exact) mass is 288 g/mol. The van der Waals surface area contributed by atoms with Gasteiger partial charge in [-0.1, -0.05) is 22.9 Å². The molecule has 0 atom stereocenters. The molecule has 0 unspecified atom stereocenters. The number of hydrogen-bond acceptors (Lipinski definition) is 5. The van der Waals surface area contributed by atoms with Crippen LogP contribution in [-0.4, -0.2) is 34.7 Å². The van der Waals surface area contributed by atoms with E-state index in [1.165, 1.54) is 0 Å². The summed E-state index contributed by atoms with van der Waals surface area (Å²) in [5.41, 5.74) is 2.86. The Morgan fingerprint density at radius 1 is 1.48 bits per heavy atom. The minimum atomic E-state index is -0.663. The molecule has 1 heterocycles. The van der Waals surface area contributed by atoms with Gasteiger partial charge in [0.1, 0.15) is 5.71 Å². The standard InChI is InChI=1S/C16H20N2O3/c1-5-21-15(19)14(18-20)13-12-8-10(2)6-7-11(12)9-16(3,4)17-13/h6-8,20H,5,9H2,1-4H3. The van der Waals surface area contributed by atoms with E-state index < -0.39 is 5.97 Å². The Labute approximate surface area is 124 Å². The number of rotatable bonds is 3. The third kappa shape index (κ3) is 3.12. The number of ether oxygens (including phenoxy) is 1. The minimum Gasteiger partial charge on any atom is -0.461 e. The lowest BCUT2D eigenvalue weighted by atomic mass is 9.85. The molecule has 1 aliphatic rings. The summed E-state index contributed by atoms with van der Waals surface area (Å²) < 4.78 is 4.95. The van der Waals surface area contributed by atoms with Gasteiger partial charge in [0.05, 0.1) is 12.1 Å². The van der Waals surface area contributed by atoms with Crippen LogP contribution in [0.5, 0.6) is 0 Å². The largest absolute Gasteiger partial charge is 0.461 e. The second-order valence-electron chi connectivity index (χ2n) is 5.78. The van der Waals surface area contributed by atoms with Crippen LogP contribution in [0.1, 0.15) is 37.5 Å². The topological polar surface area (TPSA) is 71.2 Å². The van der Waals surface area contributed by atoms with E-state index in [1.54, 1.807) is 6.92 Å². The van der Waals surface area contributed by atoms with Gasteiger partial charge in [-0.3, -0.25) is 4.99 Å². The lowest BCUT2D eigenvalue weighted by molar-refractivity contribution is -0.134. The minimum absolute atomic E-state index is 0.142. The lowest BCUT2D eigenvalue weighted by Gasteiger charge is -2.29. The van der Waals surface area contributed by atoms with E-state index in [9.17, 15) is 10.0 Å². The van der Waals surface area contributed by atoms with Crippen LogP contribution in [0, 0.1) is 6.92 Å². The highest BCUT2D eigenvalue weighted by atomic mass is 16.5. The zero-order chi connectivity index (χ0) is 15.6. The van der Waals surface area contributed by atoms with Crippen LogP contribution in [0.3, 0.4) is 0 Å². The van der Waals surface area contributed by atoms with Crippen molar-refractivity contribution in [3.8, 4) is 0 Å². The summed E-state index contributed by atoms with van der Waals surface area (Å²) in [6, 6.07) is 6.01. The van der Waals surface area contributed by atoms with Crippen molar-refractivity contribution < 1.29 is 14.7 Å². The maximum absolute atomic E-state index is 12.0. The van der Waals surface area contributed by atoms with Gasteiger partial charge in [-0.05, 0) is 45.7 Å². The van der Waals surface area contributed by atoms with Crippen LogP contribution in [0.4, 0.5) is 0 Å². The Hall–Kier alpha value is -2.17. The first-order chi connectivity index (χ1) is 9.88. The average molecular weight is 288 g/mol. The summed E-state index contributed by atoms with van der Waals surface area (Å²) in [5.74, 6) is -0.663. The van der Waals surface area contributed by atoms with Crippen LogP contribution in [0.15, 0.2) is 28.3 Å². The van der Waals surface area contributed by atoms with Crippen LogP contribution >= 0.6 is 0 Å². The van der Waals surface area contributed by atoms with Gasteiger partial charge in [0.15, 0.2) is 0 Å². The summed E-state index contributed by atoms with van der Waals surface area (Å²) in [6.07, 6.45) is 0.771. The zero-order valence-electron chi connectivity index (χ0n) is 12.8. The maximum atomic E-state index is 12.0. The summed E-state index contributed by atoms with van der Waals surface area (Å²) in [6.45, 7) is 7.86. The van der Waals surface area contributed by atoms with Gasteiger partial charge >= 0.3 is 5.97 Å². The maximum Gasteiger partial charge on any atom is 0.362 e. The van der Waals surface area contributed by atoms with E-state index in [1.807, 2.05) is 39.0 Å². The van der Waals surface area contributed by atoms with Gasteiger partial charge in [0.2, 0.25) is 5.71 Å². The Bertz CT molecular complexity index is 630. The van der Waals surface area contributed by atoms with Crippen LogP contribution < -0.4 is 0 Å². The molecule has 0 aromatic heterocycles. The number of oxime groups is 1. The normalized spacial score (nSPS) is 17.0. The van der Waals surface area contributed by atoms with E-state index in [0.29, 0.717) is 5.71 Å². The Kier molecular flexibility index (Phi) is 4.11. The highest BCUT2D eigenvalue weighted by molar-refractivity contribution is 6.69. The number of benzene rings is 1. The molecule has 21 heavy (non-hydrogen) atoms. The molecule has 0 spiro atoms. The van der Waals surface area contributed by atoms with Crippen molar-refractivity contribution in [2.75, 3.05) is 6.61 Å². The Balaban J connectivity index is 2.57. The fourth-order valence-corrected chi connectivity index (χ4v) is 2.50. The van der Waals surface area contributed by atoms with Crippen molar-refractivity contribution in [1.29, 1.82) is 0 Å². The van der Waals surface area contributed by atoms with Gasteiger partial charge in [0, 0.05) is 5.56 Å². The first kappa shape index (κ1) is 15.2. The van der Waals surface area contributed by atoms with Crippen LogP contribution in [0.25, 0.3) is 0 Å². The molecule has 0 saturated heterocycles. The van der Waals surface area contributed by atoms with Crippen molar-refractivity contribution in [3.05, 3.63) is 34.9 Å². The average Bonchev–Trinajstić information content (AvgIpc) is 2.40. The smallest absolute Gasteiger partial charge is 0.362 e. The van der Waals surface area contributed by atoms with Gasteiger partial charge in [0.25, 0.3) is 0 Å².